The molecule has 0 aliphatic rings. The summed E-state index contributed by atoms with van der Waals surface area (Å²) in [5.41, 5.74) is 12.0. The third kappa shape index (κ3) is 10.3. The van der Waals surface area contributed by atoms with Crippen LogP contribution in [0.25, 0.3) is 45.4 Å². The lowest BCUT2D eigenvalue weighted by Crippen LogP contribution is -2.11. The molecule has 0 radical (unpaired) electrons. The normalized spacial score (nSPS) is 9.56. The number of nitrogens with two attached hydrogens (primary N) is 3. The van der Waals surface area contributed by atoms with Gasteiger partial charge in [0.25, 0.3) is 0 Å². The van der Waals surface area contributed by atoms with E-state index in [0.717, 1.165) is 33.9 Å². The van der Waals surface area contributed by atoms with Gasteiger partial charge in [-0.2, -0.15) is 15.3 Å². The van der Waals surface area contributed by atoms with Crippen LogP contribution in [0.15, 0.2) is 123 Å². The van der Waals surface area contributed by atoms with Crippen molar-refractivity contribution in [1.82, 2.24) is 54.7 Å². The van der Waals surface area contributed by atoms with Crippen molar-refractivity contribution in [3.8, 4) is 45.4 Å². The second-order valence-electron chi connectivity index (χ2n) is 9.19. The maximum absolute atomic E-state index is 8.81. The van der Waals surface area contributed by atoms with Gasteiger partial charge in [0.05, 0.1) is 59.4 Å². The first-order valence-corrected chi connectivity index (χ1v) is 14.5. The molecule has 0 fully saturated rings. The lowest BCUT2D eigenvalue weighted by Gasteiger charge is -2.01. The zero-order valence-corrected chi connectivity index (χ0v) is 26.9. The summed E-state index contributed by atoms with van der Waals surface area (Å²) in [4.78, 5) is 39.2. The van der Waals surface area contributed by atoms with Crippen LogP contribution >= 0.6 is 12.2 Å². The minimum Gasteiger partial charge on any atom is -0.412 e. The fourth-order valence-corrected chi connectivity index (χ4v) is 4.10. The summed E-state index contributed by atoms with van der Waals surface area (Å²) < 4.78 is 3.51. The van der Waals surface area contributed by atoms with Gasteiger partial charge in [0, 0.05) is 42.1 Å². The van der Waals surface area contributed by atoms with Crippen LogP contribution in [0.3, 0.4) is 0 Å². The van der Waals surface area contributed by atoms with Crippen molar-refractivity contribution in [3.05, 3.63) is 128 Å². The van der Waals surface area contributed by atoms with E-state index in [0.29, 0.717) is 17.2 Å². The summed E-state index contributed by atoms with van der Waals surface area (Å²) in [6.07, 6.45) is 17.8. The summed E-state index contributed by atoms with van der Waals surface area (Å²) >= 11 is 4.94. The molecule has 0 unspecified atom stereocenters. The average Bonchev–Trinajstić information content (AvgIpc) is 3.89. The highest BCUT2D eigenvalue weighted by atomic mass is 32.1. The van der Waals surface area contributed by atoms with Crippen LogP contribution in [0.1, 0.15) is 5.69 Å². The number of thiocarbonyl (C=S) groups is 1. The quantitative estimate of drug-likeness (QED) is 0.0703. The molecule has 0 bridgehead atoms. The van der Waals surface area contributed by atoms with Crippen LogP contribution in [0.4, 0.5) is 0 Å². The van der Waals surface area contributed by atoms with Crippen LogP contribution in [-0.4, -0.2) is 77.7 Å². The van der Waals surface area contributed by atoms with Gasteiger partial charge in [0.15, 0.2) is 18.4 Å². The highest BCUT2D eigenvalue weighted by Gasteiger charge is 2.09. The summed E-state index contributed by atoms with van der Waals surface area (Å²) in [6.45, 7) is 0. The Morgan fingerprint density at radius 2 is 1.20 bits per heavy atom. The van der Waals surface area contributed by atoms with E-state index in [-0.39, 0.29) is 23.0 Å². The number of pyridine rings is 4. The van der Waals surface area contributed by atoms with E-state index in [1.54, 1.807) is 58.8 Å². The number of carbonyl (C=O) groups excluding carboxylic acids is 2. The van der Waals surface area contributed by atoms with E-state index in [9.17, 15) is 0 Å². The van der Waals surface area contributed by atoms with E-state index in [2.05, 4.69) is 57.0 Å². The molecule has 7 heterocycles. The first-order valence-electron chi connectivity index (χ1n) is 14.1. The highest BCUT2D eigenvalue weighted by molar-refractivity contribution is 7.80. The molecule has 0 saturated heterocycles. The van der Waals surface area contributed by atoms with Crippen molar-refractivity contribution in [1.29, 1.82) is 0 Å². The molecule has 0 amide bonds. The van der Waals surface area contributed by atoms with Crippen molar-refractivity contribution in [3.63, 3.8) is 0 Å². The van der Waals surface area contributed by atoms with Crippen molar-refractivity contribution in [2.45, 2.75) is 0 Å². The maximum Gasteiger partial charge on any atom is 0.200 e. The standard InChI is InChI=1S/C16H11N7.C14H11N5S.C2H2O2.H4N2.H2O/c1-4-14(21-15(5-1)16-18-7-8-19-22-16)12-9-20-23(11-12)13-3-2-6-17-10-13;15-14(20)13-5-1-4-12(18-13)10-7-17-19(9-10)11-3-2-6-16-8-11;3-1-2-4;1-2;/h1-11H;1-9H,(H2,15,20);1-2H;1-2H2;1H2. The fraction of sp³-hybridized carbons (Fsp3) is 0. The smallest absolute Gasteiger partial charge is 0.200 e. The zero-order chi connectivity index (χ0) is 34.8. The van der Waals surface area contributed by atoms with Gasteiger partial charge < -0.3 is 11.2 Å². The van der Waals surface area contributed by atoms with Gasteiger partial charge in [-0.3, -0.25) is 31.2 Å². The number of carbonyl (C=O) groups is 2. The Bertz CT molecular complexity index is 2070. The molecule has 0 saturated carbocycles. The molecule has 0 aliphatic heterocycles. The third-order valence-corrected chi connectivity index (χ3v) is 6.30. The predicted molar refractivity (Wildman–Crippen MR) is 188 cm³/mol. The number of rotatable bonds is 7. The number of hydrogen-bond donors (Lipinski definition) is 3. The fourth-order valence-electron chi connectivity index (χ4n) is 3.99. The molecule has 18 heteroatoms. The summed E-state index contributed by atoms with van der Waals surface area (Å²) in [5, 5.41) is 16.5. The molecule has 7 aromatic rings. The molecule has 7 rings (SSSR count). The van der Waals surface area contributed by atoms with E-state index in [1.165, 1.54) is 6.20 Å². The maximum atomic E-state index is 8.81. The van der Waals surface area contributed by atoms with Crippen molar-refractivity contribution in [2.75, 3.05) is 0 Å². The number of hydrogen-bond acceptors (Lipinski definition) is 14. The number of aromatic nitrogens is 11. The van der Waals surface area contributed by atoms with Gasteiger partial charge >= 0.3 is 0 Å². The molecule has 17 nitrogen and oxygen atoms in total. The van der Waals surface area contributed by atoms with Crippen LogP contribution < -0.4 is 17.4 Å². The molecule has 50 heavy (non-hydrogen) atoms. The van der Waals surface area contributed by atoms with E-state index in [4.69, 9.17) is 27.5 Å². The molecule has 0 atom stereocenters. The van der Waals surface area contributed by atoms with Gasteiger partial charge in [-0.05, 0) is 48.5 Å². The van der Waals surface area contributed by atoms with Crippen molar-refractivity contribution < 1.29 is 15.1 Å². The lowest BCUT2D eigenvalue weighted by atomic mass is 10.2. The highest BCUT2D eigenvalue weighted by Crippen LogP contribution is 2.21. The summed E-state index contributed by atoms with van der Waals surface area (Å²) in [7, 11) is 0. The second-order valence-corrected chi connectivity index (χ2v) is 9.63. The van der Waals surface area contributed by atoms with Crippen molar-refractivity contribution in [2.24, 2.45) is 17.4 Å². The molecule has 0 aliphatic carbocycles. The molecule has 252 valence electrons. The van der Waals surface area contributed by atoms with E-state index < -0.39 is 0 Å². The van der Waals surface area contributed by atoms with Gasteiger partial charge in [0.1, 0.15) is 10.7 Å². The lowest BCUT2D eigenvalue weighted by molar-refractivity contribution is -0.122. The van der Waals surface area contributed by atoms with Gasteiger partial charge in [-0.25, -0.2) is 24.3 Å². The van der Waals surface area contributed by atoms with Crippen LogP contribution in [0, 0.1) is 0 Å². The van der Waals surface area contributed by atoms with Gasteiger partial charge in [-0.1, -0.05) is 24.4 Å². The number of hydrazine groups is 1. The van der Waals surface area contributed by atoms with Gasteiger partial charge in [-0.15, -0.1) is 5.10 Å². The SMILES string of the molecule is NC(=S)c1cccc(-c2cnn(-c3cccnc3)c2)n1.NN.O.O=CC=O.c1cncc(-n2cc(-c3cccc(-c4nccnn4)n3)cn2)c1. The molecule has 0 spiro atoms. The van der Waals surface area contributed by atoms with Crippen molar-refractivity contribution >= 4 is 29.8 Å². The largest absolute Gasteiger partial charge is 0.412 e. The Morgan fingerprint density at radius 3 is 1.68 bits per heavy atom. The molecule has 0 aromatic carbocycles. The topological polar surface area (TPSA) is 270 Å². The summed E-state index contributed by atoms with van der Waals surface area (Å²) in [6, 6.07) is 18.9. The molecule has 7 aromatic heterocycles. The average molecular weight is 691 g/mol. The minimum atomic E-state index is 0. The predicted octanol–water partition coefficient (Wildman–Crippen LogP) is 1.52. The minimum absolute atomic E-state index is 0. The second kappa shape index (κ2) is 19.7. The monoisotopic (exact) mass is 690 g/mol. The number of nitrogens with zero attached hydrogens (tertiary/aromatic N) is 11. The Balaban J connectivity index is 0.000000232. The van der Waals surface area contributed by atoms with E-state index in [1.807, 2.05) is 67.0 Å². The van der Waals surface area contributed by atoms with Crippen LogP contribution in [0.2, 0.25) is 0 Å². The molecule has 8 N–H and O–H groups in total. The Morgan fingerprint density at radius 1 is 0.660 bits per heavy atom. The summed E-state index contributed by atoms with van der Waals surface area (Å²) in [5.74, 6) is 8.49. The van der Waals surface area contributed by atoms with E-state index >= 15 is 0 Å². The number of aldehydes is 2. The van der Waals surface area contributed by atoms with Gasteiger partial charge in [0.2, 0.25) is 0 Å². The van der Waals surface area contributed by atoms with Crippen LogP contribution in [0.5, 0.6) is 0 Å². The first-order chi connectivity index (χ1) is 24.1. The molecular weight excluding hydrogens is 661 g/mol. The Labute approximate surface area is 290 Å². The third-order valence-electron chi connectivity index (χ3n) is 6.10. The Kier molecular flexibility index (Phi) is 14.8. The molecular formula is C32H30N14O3S. The Hall–Kier alpha value is -6.86. The first kappa shape index (κ1) is 37.6. The van der Waals surface area contributed by atoms with Crippen LogP contribution in [-0.2, 0) is 9.59 Å². The zero-order valence-electron chi connectivity index (χ0n) is 26.1.